The van der Waals surface area contributed by atoms with E-state index >= 15 is 0 Å². The van der Waals surface area contributed by atoms with E-state index < -0.39 is 5.41 Å². The zero-order valence-corrected chi connectivity index (χ0v) is 20.3. The number of aryl methyl sites for hydroxylation is 1. The molecule has 2 amide bonds. The zero-order valence-electron chi connectivity index (χ0n) is 20.3. The number of amides is 2. The minimum atomic E-state index is -0.775. The van der Waals surface area contributed by atoms with Gasteiger partial charge < -0.3 is 10.2 Å². The quantitative estimate of drug-likeness (QED) is 0.629. The molecular weight excluding hydrogens is 424 g/mol. The van der Waals surface area contributed by atoms with Crippen LogP contribution < -0.4 is 5.32 Å². The number of likely N-dealkylation sites (tertiary alicyclic amines) is 1. The zero-order chi connectivity index (χ0) is 24.3. The number of carbonyl (C=O) groups is 2. The van der Waals surface area contributed by atoms with Gasteiger partial charge in [-0.05, 0) is 43.9 Å². The minimum absolute atomic E-state index is 0.100. The molecule has 0 aliphatic carbocycles. The van der Waals surface area contributed by atoms with Crippen molar-refractivity contribution in [3.05, 3.63) is 95.1 Å². The first kappa shape index (κ1) is 23.6. The Bertz CT molecular complexity index is 1130. The molecule has 0 radical (unpaired) electrons. The summed E-state index contributed by atoms with van der Waals surface area (Å²) < 4.78 is 0. The van der Waals surface area contributed by atoms with Gasteiger partial charge in [0.2, 0.25) is 5.91 Å². The Morgan fingerprint density at radius 2 is 1.47 bits per heavy atom. The third kappa shape index (κ3) is 4.32. The van der Waals surface area contributed by atoms with E-state index in [1.54, 1.807) is 13.1 Å². The second-order valence-electron chi connectivity index (χ2n) is 9.51. The standard InChI is InChI=1S/C28H32N4O2/c1-20-19-23(24(33)29-4)31-25(30-20)27(2)15-17-32(18-16-27)26(34)28(3,21-11-7-5-8-12-21)22-13-9-6-10-14-22/h5-14,19H,15-18H2,1-4H3,(H,29,33). The summed E-state index contributed by atoms with van der Waals surface area (Å²) in [6.45, 7) is 7.25. The number of nitrogens with one attached hydrogen (secondary N) is 1. The topological polar surface area (TPSA) is 75.2 Å². The van der Waals surface area contributed by atoms with E-state index in [1.807, 2.05) is 79.4 Å². The fraction of sp³-hybridized carbons (Fsp3) is 0.357. The molecule has 6 nitrogen and oxygen atoms in total. The number of carbonyl (C=O) groups excluding carboxylic acids is 2. The average Bonchev–Trinajstić information content (AvgIpc) is 2.88. The SMILES string of the molecule is CNC(=O)c1cc(C)nc(C2(C)CCN(C(=O)C(C)(c3ccccc3)c3ccccc3)CC2)n1. The third-order valence-corrected chi connectivity index (χ3v) is 7.14. The predicted octanol–water partition coefficient (Wildman–Crippen LogP) is 4.03. The summed E-state index contributed by atoms with van der Waals surface area (Å²) in [5.74, 6) is 0.555. The molecule has 3 aromatic rings. The van der Waals surface area contributed by atoms with Crippen molar-refractivity contribution in [1.82, 2.24) is 20.2 Å². The fourth-order valence-corrected chi connectivity index (χ4v) is 4.78. The first-order valence-corrected chi connectivity index (χ1v) is 11.8. The van der Waals surface area contributed by atoms with Crippen molar-refractivity contribution in [2.45, 2.75) is 44.4 Å². The van der Waals surface area contributed by atoms with Gasteiger partial charge in [0, 0.05) is 31.2 Å². The predicted molar refractivity (Wildman–Crippen MR) is 133 cm³/mol. The smallest absolute Gasteiger partial charge is 0.269 e. The van der Waals surface area contributed by atoms with Crippen LogP contribution in [0.5, 0.6) is 0 Å². The highest BCUT2D eigenvalue weighted by atomic mass is 16.2. The molecule has 2 heterocycles. The Labute approximate surface area is 201 Å². The highest BCUT2D eigenvalue weighted by Gasteiger charge is 2.43. The molecule has 0 bridgehead atoms. The maximum Gasteiger partial charge on any atom is 0.269 e. The first-order chi connectivity index (χ1) is 16.3. The molecule has 1 aliphatic rings. The Kier molecular flexibility index (Phi) is 6.51. The largest absolute Gasteiger partial charge is 0.354 e. The molecule has 2 aromatic carbocycles. The number of piperidine rings is 1. The highest BCUT2D eigenvalue weighted by Crippen LogP contribution is 2.38. The van der Waals surface area contributed by atoms with Crippen molar-refractivity contribution < 1.29 is 9.59 Å². The molecule has 34 heavy (non-hydrogen) atoms. The lowest BCUT2D eigenvalue weighted by molar-refractivity contribution is -0.137. The van der Waals surface area contributed by atoms with Gasteiger partial charge in [-0.25, -0.2) is 9.97 Å². The maximum absolute atomic E-state index is 14.0. The van der Waals surface area contributed by atoms with Crippen LogP contribution in [-0.2, 0) is 15.6 Å². The van der Waals surface area contributed by atoms with Crippen LogP contribution in [0.1, 0.15) is 59.8 Å². The number of hydrogen-bond acceptors (Lipinski definition) is 4. The van der Waals surface area contributed by atoms with Crippen molar-refractivity contribution >= 4 is 11.8 Å². The number of nitrogens with zero attached hydrogens (tertiary/aromatic N) is 3. The number of benzene rings is 2. The lowest BCUT2D eigenvalue weighted by Crippen LogP contribution is -2.51. The molecule has 1 saturated heterocycles. The van der Waals surface area contributed by atoms with Gasteiger partial charge in [-0.3, -0.25) is 9.59 Å². The normalized spacial score (nSPS) is 15.6. The molecule has 4 rings (SSSR count). The van der Waals surface area contributed by atoms with E-state index in [0.29, 0.717) is 24.6 Å². The van der Waals surface area contributed by atoms with Crippen LogP contribution in [0.15, 0.2) is 66.7 Å². The summed E-state index contributed by atoms with van der Waals surface area (Å²) >= 11 is 0. The molecule has 176 valence electrons. The minimum Gasteiger partial charge on any atom is -0.354 e. The monoisotopic (exact) mass is 456 g/mol. The van der Waals surface area contributed by atoms with Crippen molar-refractivity contribution in [2.24, 2.45) is 0 Å². The van der Waals surface area contributed by atoms with Gasteiger partial charge in [-0.1, -0.05) is 67.6 Å². The molecule has 1 aromatic heterocycles. The van der Waals surface area contributed by atoms with E-state index in [-0.39, 0.29) is 17.2 Å². The van der Waals surface area contributed by atoms with Gasteiger partial charge in [0.1, 0.15) is 11.5 Å². The van der Waals surface area contributed by atoms with Gasteiger partial charge in [-0.2, -0.15) is 0 Å². The van der Waals surface area contributed by atoms with Crippen molar-refractivity contribution in [3.8, 4) is 0 Å². The van der Waals surface area contributed by atoms with E-state index in [4.69, 9.17) is 0 Å². The fourth-order valence-electron chi connectivity index (χ4n) is 4.78. The van der Waals surface area contributed by atoms with E-state index in [0.717, 1.165) is 29.7 Å². The van der Waals surface area contributed by atoms with Gasteiger partial charge >= 0.3 is 0 Å². The number of aromatic nitrogens is 2. The molecule has 1 aliphatic heterocycles. The second-order valence-corrected chi connectivity index (χ2v) is 9.51. The van der Waals surface area contributed by atoms with Crippen molar-refractivity contribution in [3.63, 3.8) is 0 Å². The van der Waals surface area contributed by atoms with Crippen LogP contribution >= 0.6 is 0 Å². The van der Waals surface area contributed by atoms with Gasteiger partial charge in [-0.15, -0.1) is 0 Å². The van der Waals surface area contributed by atoms with Crippen LogP contribution in [0.2, 0.25) is 0 Å². The summed E-state index contributed by atoms with van der Waals surface area (Å²) in [6.07, 6.45) is 1.46. The van der Waals surface area contributed by atoms with Crippen molar-refractivity contribution in [1.29, 1.82) is 0 Å². The molecule has 0 spiro atoms. The Hall–Kier alpha value is -3.54. The Morgan fingerprint density at radius 1 is 0.941 bits per heavy atom. The summed E-state index contributed by atoms with van der Waals surface area (Å²) in [5, 5.41) is 2.64. The first-order valence-electron chi connectivity index (χ1n) is 11.8. The average molecular weight is 457 g/mol. The highest BCUT2D eigenvalue weighted by molar-refractivity contribution is 5.92. The van der Waals surface area contributed by atoms with Crippen LogP contribution in [0.3, 0.4) is 0 Å². The summed E-state index contributed by atoms with van der Waals surface area (Å²) in [5.41, 5.74) is 2.03. The lowest BCUT2D eigenvalue weighted by atomic mass is 9.73. The van der Waals surface area contributed by atoms with Gasteiger partial charge in [0.15, 0.2) is 0 Å². The van der Waals surface area contributed by atoms with Crippen LogP contribution in [0.4, 0.5) is 0 Å². The molecule has 6 heteroatoms. The van der Waals surface area contributed by atoms with Crippen molar-refractivity contribution in [2.75, 3.05) is 20.1 Å². The van der Waals surface area contributed by atoms with E-state index in [9.17, 15) is 9.59 Å². The molecule has 1 fully saturated rings. The lowest BCUT2D eigenvalue weighted by Gasteiger charge is -2.42. The van der Waals surface area contributed by atoms with Crippen LogP contribution in [-0.4, -0.2) is 46.8 Å². The molecule has 0 atom stereocenters. The Morgan fingerprint density at radius 3 is 1.97 bits per heavy atom. The molecule has 0 saturated carbocycles. The molecule has 0 unspecified atom stereocenters. The molecular formula is C28H32N4O2. The third-order valence-electron chi connectivity index (χ3n) is 7.14. The summed E-state index contributed by atoms with van der Waals surface area (Å²) in [6, 6.07) is 21.7. The van der Waals surface area contributed by atoms with E-state index in [1.165, 1.54) is 0 Å². The van der Waals surface area contributed by atoms with Crippen LogP contribution in [0, 0.1) is 6.92 Å². The molecule has 1 N–H and O–H groups in total. The maximum atomic E-state index is 14.0. The van der Waals surface area contributed by atoms with Gasteiger partial charge in [0.05, 0.1) is 5.41 Å². The number of rotatable bonds is 5. The Balaban J connectivity index is 1.60. The number of hydrogen-bond donors (Lipinski definition) is 1. The summed E-state index contributed by atoms with van der Waals surface area (Å²) in [7, 11) is 1.60. The van der Waals surface area contributed by atoms with E-state index in [2.05, 4.69) is 22.2 Å². The second kappa shape index (κ2) is 9.37. The summed E-state index contributed by atoms with van der Waals surface area (Å²) in [4.78, 5) is 37.4. The van der Waals surface area contributed by atoms with Crippen LogP contribution in [0.25, 0.3) is 0 Å². The van der Waals surface area contributed by atoms with Gasteiger partial charge in [0.25, 0.3) is 5.91 Å².